The molecule has 0 fully saturated rings. The molecule has 0 aliphatic rings. The minimum atomic E-state index is -3.81. The number of nitrogens with one attached hydrogen (secondary N) is 1. The lowest BCUT2D eigenvalue weighted by atomic mass is 10.2. The number of methoxy groups -OCH3 is 1. The Hall–Kier alpha value is -2.91. The van der Waals surface area contributed by atoms with Crippen molar-refractivity contribution in [2.24, 2.45) is 0 Å². The van der Waals surface area contributed by atoms with Gasteiger partial charge in [-0.1, -0.05) is 32.0 Å². The molecule has 0 amide bonds. The van der Waals surface area contributed by atoms with Gasteiger partial charge in [0.25, 0.3) is 10.0 Å². The summed E-state index contributed by atoms with van der Waals surface area (Å²) < 4.78 is 39.8. The first-order chi connectivity index (χ1) is 14.9. The van der Waals surface area contributed by atoms with Gasteiger partial charge in [-0.05, 0) is 37.7 Å². The van der Waals surface area contributed by atoms with Gasteiger partial charge in [-0.15, -0.1) is 0 Å². The zero-order chi connectivity index (χ0) is 22.4. The molecule has 0 radical (unpaired) electrons. The number of hydrogen-bond acceptors (Lipinski definition) is 7. The minimum absolute atomic E-state index is 0.182. The smallest absolute Gasteiger partial charge is 0.263 e. The normalized spacial score (nSPS) is 11.6. The maximum absolute atomic E-state index is 12.9. The van der Waals surface area contributed by atoms with Gasteiger partial charge in [0.1, 0.15) is 12.9 Å². The Morgan fingerprint density at radius 3 is 2.48 bits per heavy atom. The predicted octanol–water partition coefficient (Wildman–Crippen LogP) is 3.47. The monoisotopic (exact) mass is 444 g/mol. The Bertz CT molecular complexity index is 1150. The average molecular weight is 445 g/mol. The molecular weight excluding hydrogens is 416 g/mol. The number of hydrogen-bond donors (Lipinski definition) is 1. The van der Waals surface area contributed by atoms with Gasteiger partial charge in [-0.3, -0.25) is 4.72 Å². The van der Waals surface area contributed by atoms with Crippen LogP contribution in [0, 0.1) is 6.92 Å². The van der Waals surface area contributed by atoms with Gasteiger partial charge in [-0.25, -0.2) is 18.4 Å². The lowest BCUT2D eigenvalue weighted by Crippen LogP contribution is -2.27. The molecule has 1 heterocycles. The highest BCUT2D eigenvalue weighted by molar-refractivity contribution is 7.92. The molecule has 0 unspecified atom stereocenters. The fourth-order valence-corrected chi connectivity index (χ4v) is 4.56. The predicted molar refractivity (Wildman–Crippen MR) is 121 cm³/mol. The van der Waals surface area contributed by atoms with Crippen molar-refractivity contribution in [3.8, 4) is 11.5 Å². The van der Waals surface area contributed by atoms with Crippen LogP contribution in [0.3, 0.4) is 0 Å². The number of fused-ring (bicyclic) bond motifs is 1. The van der Waals surface area contributed by atoms with Crippen molar-refractivity contribution < 1.29 is 17.9 Å². The van der Waals surface area contributed by atoms with Gasteiger partial charge in [0, 0.05) is 18.0 Å². The Morgan fingerprint density at radius 1 is 1.06 bits per heavy atom. The van der Waals surface area contributed by atoms with Gasteiger partial charge in [0.2, 0.25) is 0 Å². The number of anilines is 1. The SMILES string of the molecule is CCN(CC)CCOc1cc2ncnc(NS(=O)(=O)c3ccccc3C)c2cc1OC. The summed E-state index contributed by atoms with van der Waals surface area (Å²) in [6.45, 7) is 9.16. The van der Waals surface area contributed by atoms with E-state index in [1.54, 1.807) is 50.4 Å². The summed E-state index contributed by atoms with van der Waals surface area (Å²) in [5.74, 6) is 1.22. The third-order valence-electron chi connectivity index (χ3n) is 5.09. The molecule has 3 aromatic rings. The van der Waals surface area contributed by atoms with Crippen LogP contribution < -0.4 is 14.2 Å². The van der Waals surface area contributed by atoms with E-state index >= 15 is 0 Å². The van der Waals surface area contributed by atoms with Gasteiger partial charge < -0.3 is 14.4 Å². The summed E-state index contributed by atoms with van der Waals surface area (Å²) in [5.41, 5.74) is 1.20. The maximum atomic E-state index is 12.9. The minimum Gasteiger partial charge on any atom is -0.493 e. The van der Waals surface area contributed by atoms with Crippen molar-refractivity contribution in [1.29, 1.82) is 0 Å². The van der Waals surface area contributed by atoms with Crippen molar-refractivity contribution in [3.05, 3.63) is 48.3 Å². The Labute approximate surface area is 183 Å². The fourth-order valence-electron chi connectivity index (χ4n) is 3.28. The van der Waals surface area contributed by atoms with Crippen LogP contribution in [0.25, 0.3) is 10.9 Å². The number of aromatic nitrogens is 2. The van der Waals surface area contributed by atoms with Gasteiger partial charge >= 0.3 is 0 Å². The van der Waals surface area contributed by atoms with E-state index in [9.17, 15) is 8.42 Å². The van der Waals surface area contributed by atoms with Crippen LogP contribution in [-0.4, -0.2) is 56.6 Å². The molecule has 3 rings (SSSR count). The van der Waals surface area contributed by atoms with Crippen LogP contribution in [0.4, 0.5) is 5.82 Å². The Balaban J connectivity index is 1.92. The van der Waals surface area contributed by atoms with Crippen LogP contribution in [0.15, 0.2) is 47.6 Å². The van der Waals surface area contributed by atoms with Crippen molar-refractivity contribution in [3.63, 3.8) is 0 Å². The summed E-state index contributed by atoms with van der Waals surface area (Å²) in [6.07, 6.45) is 1.32. The largest absolute Gasteiger partial charge is 0.493 e. The quantitative estimate of drug-likeness (QED) is 0.512. The first-order valence-corrected chi connectivity index (χ1v) is 11.6. The van der Waals surface area contributed by atoms with Crippen LogP contribution >= 0.6 is 0 Å². The van der Waals surface area contributed by atoms with Crippen LogP contribution in [0.2, 0.25) is 0 Å². The standard InChI is InChI=1S/C22H28N4O4S/c1-5-26(6-2)11-12-30-20-14-18-17(13-19(20)29-4)22(24-15-23-18)25-31(27,28)21-10-8-7-9-16(21)3/h7-10,13-15H,5-6,11-12H2,1-4H3,(H,23,24,25). The molecule has 166 valence electrons. The molecule has 0 bridgehead atoms. The average Bonchev–Trinajstić information content (AvgIpc) is 2.76. The van der Waals surface area contributed by atoms with Crippen LogP contribution in [-0.2, 0) is 10.0 Å². The molecule has 1 aromatic heterocycles. The topological polar surface area (TPSA) is 93.6 Å². The van der Waals surface area contributed by atoms with E-state index in [2.05, 4.69) is 33.4 Å². The van der Waals surface area contributed by atoms with Gasteiger partial charge in [0.15, 0.2) is 17.3 Å². The molecule has 0 saturated heterocycles. The van der Waals surface area contributed by atoms with Crippen LogP contribution in [0.1, 0.15) is 19.4 Å². The molecule has 0 aliphatic heterocycles. The number of benzene rings is 2. The van der Waals surface area contributed by atoms with Crippen molar-refractivity contribution in [1.82, 2.24) is 14.9 Å². The molecule has 1 N–H and O–H groups in total. The number of likely N-dealkylation sites (N-methyl/N-ethyl adjacent to an activating group) is 1. The van der Waals surface area contributed by atoms with Crippen molar-refractivity contribution >= 4 is 26.7 Å². The van der Waals surface area contributed by atoms with E-state index in [1.807, 2.05) is 0 Å². The van der Waals surface area contributed by atoms with Gasteiger partial charge in [-0.2, -0.15) is 0 Å². The summed E-state index contributed by atoms with van der Waals surface area (Å²) in [6, 6.07) is 10.2. The van der Waals surface area contributed by atoms with E-state index in [-0.39, 0.29) is 10.7 Å². The third kappa shape index (κ3) is 5.23. The number of ether oxygens (including phenoxy) is 2. The van der Waals surface area contributed by atoms with E-state index in [4.69, 9.17) is 9.47 Å². The number of aryl methyl sites for hydroxylation is 1. The molecule has 8 nitrogen and oxygen atoms in total. The maximum Gasteiger partial charge on any atom is 0.263 e. The third-order valence-corrected chi connectivity index (χ3v) is 6.59. The highest BCUT2D eigenvalue weighted by Gasteiger charge is 2.20. The van der Waals surface area contributed by atoms with E-state index in [1.165, 1.54) is 6.33 Å². The Kier molecular flexibility index (Phi) is 7.29. The second-order valence-corrected chi connectivity index (χ2v) is 8.64. The number of rotatable bonds is 10. The van der Waals surface area contributed by atoms with E-state index < -0.39 is 10.0 Å². The lowest BCUT2D eigenvalue weighted by molar-refractivity contribution is 0.217. The van der Waals surface area contributed by atoms with Crippen molar-refractivity contribution in [2.45, 2.75) is 25.7 Å². The first kappa shape index (κ1) is 22.8. The van der Waals surface area contributed by atoms with Gasteiger partial charge in [0.05, 0.1) is 17.5 Å². The van der Waals surface area contributed by atoms with Crippen molar-refractivity contribution in [2.75, 3.05) is 38.1 Å². The molecule has 9 heteroatoms. The second-order valence-electron chi connectivity index (χ2n) is 6.99. The first-order valence-electron chi connectivity index (χ1n) is 10.2. The molecule has 2 aromatic carbocycles. The zero-order valence-electron chi connectivity index (χ0n) is 18.3. The second kappa shape index (κ2) is 9.93. The molecule has 31 heavy (non-hydrogen) atoms. The summed E-state index contributed by atoms with van der Waals surface area (Å²) in [5, 5.41) is 0.521. The molecular formula is C22H28N4O4S. The highest BCUT2D eigenvalue weighted by Crippen LogP contribution is 2.34. The summed E-state index contributed by atoms with van der Waals surface area (Å²) in [7, 11) is -2.27. The molecule has 0 aliphatic carbocycles. The number of sulfonamides is 1. The molecule has 0 spiro atoms. The van der Waals surface area contributed by atoms with E-state index in [0.717, 1.165) is 19.6 Å². The lowest BCUT2D eigenvalue weighted by Gasteiger charge is -2.19. The number of nitrogens with zero attached hydrogens (tertiary/aromatic N) is 3. The zero-order valence-corrected chi connectivity index (χ0v) is 19.1. The van der Waals surface area contributed by atoms with Crippen LogP contribution in [0.5, 0.6) is 11.5 Å². The molecule has 0 atom stereocenters. The summed E-state index contributed by atoms with van der Waals surface area (Å²) in [4.78, 5) is 10.9. The Morgan fingerprint density at radius 2 is 1.81 bits per heavy atom. The molecule has 0 saturated carbocycles. The van der Waals surface area contributed by atoms with E-state index in [0.29, 0.717) is 34.6 Å². The highest BCUT2D eigenvalue weighted by atomic mass is 32.2. The fraction of sp³-hybridized carbons (Fsp3) is 0.364. The summed E-state index contributed by atoms with van der Waals surface area (Å²) >= 11 is 0.